The van der Waals surface area contributed by atoms with Gasteiger partial charge < -0.3 is 28.6 Å². The van der Waals surface area contributed by atoms with E-state index in [2.05, 4.69) is 26.0 Å². The molecular weight excluding hydrogens is 691 g/mol. The minimum Gasteiger partial charge on any atom is -0.544 e. The lowest BCUT2D eigenvalue weighted by Gasteiger charge is -2.34. The van der Waals surface area contributed by atoms with E-state index in [4.69, 9.17) is 14.2 Å². The van der Waals surface area contributed by atoms with Gasteiger partial charge in [0.15, 0.2) is 6.10 Å². The number of hydrogen-bond donors (Lipinski definition) is 0. The number of esters is 2. The number of carboxylic acids is 1. The molecule has 8 heteroatoms. The van der Waals surface area contributed by atoms with E-state index in [9.17, 15) is 19.5 Å². The Morgan fingerprint density at radius 3 is 1.51 bits per heavy atom. The zero-order valence-corrected chi connectivity index (χ0v) is 35.3. The van der Waals surface area contributed by atoms with Gasteiger partial charge in [-0.15, -0.1) is 0 Å². The number of nitrogens with zero attached hydrogens (tertiary/aromatic N) is 1. The molecule has 0 heterocycles. The fourth-order valence-corrected chi connectivity index (χ4v) is 5.70. The lowest BCUT2D eigenvalue weighted by Crippen LogP contribution is -2.55. The minimum atomic E-state index is -1.14. The molecule has 0 aromatic rings. The zero-order valence-electron chi connectivity index (χ0n) is 35.3. The van der Waals surface area contributed by atoms with Gasteiger partial charge in [-0.2, -0.15) is 0 Å². The van der Waals surface area contributed by atoms with E-state index in [0.717, 1.165) is 44.9 Å². The number of likely N-dealkylation sites (N-methyl/N-ethyl adjacent to an activating group) is 1. The van der Waals surface area contributed by atoms with Crippen LogP contribution in [0.4, 0.5) is 0 Å². The van der Waals surface area contributed by atoms with Crippen LogP contribution in [0, 0.1) is 0 Å². The van der Waals surface area contributed by atoms with Crippen molar-refractivity contribution < 1.29 is 38.2 Å². The van der Waals surface area contributed by atoms with Crippen molar-refractivity contribution in [1.29, 1.82) is 0 Å². The molecule has 8 nitrogen and oxygen atoms in total. The van der Waals surface area contributed by atoms with Crippen LogP contribution in [-0.2, 0) is 28.6 Å². The summed E-state index contributed by atoms with van der Waals surface area (Å²) in [5.41, 5.74) is 0. The number of ether oxygens (including phenoxy) is 3. The first-order valence-corrected chi connectivity index (χ1v) is 21.2. The Balaban J connectivity index is 4.51. The molecule has 0 N–H and O–H groups in total. The van der Waals surface area contributed by atoms with Crippen LogP contribution >= 0.6 is 0 Å². The van der Waals surface area contributed by atoms with Gasteiger partial charge in [-0.05, 0) is 32.1 Å². The van der Waals surface area contributed by atoms with E-state index in [-0.39, 0.29) is 49.1 Å². The molecule has 0 saturated carbocycles. The molecule has 312 valence electrons. The van der Waals surface area contributed by atoms with E-state index < -0.39 is 18.1 Å². The number of carbonyl (C=O) groups is 3. The lowest BCUT2D eigenvalue weighted by atomic mass is 10.0. The summed E-state index contributed by atoms with van der Waals surface area (Å²) in [5.74, 6) is -1.81. The van der Waals surface area contributed by atoms with E-state index in [1.54, 1.807) is 21.1 Å². The highest BCUT2D eigenvalue weighted by Crippen LogP contribution is 2.14. The third-order valence-corrected chi connectivity index (χ3v) is 8.99. The highest BCUT2D eigenvalue weighted by molar-refractivity contribution is 5.70. The number of rotatable bonds is 36. The van der Waals surface area contributed by atoms with E-state index >= 15 is 0 Å². The molecule has 0 aromatic heterocycles. The second-order valence-electron chi connectivity index (χ2n) is 15.0. The third-order valence-electron chi connectivity index (χ3n) is 8.99. The normalized spacial score (nSPS) is 13.8. The summed E-state index contributed by atoms with van der Waals surface area (Å²) in [6.07, 6.45) is 47.4. The highest BCUT2D eigenvalue weighted by atomic mass is 16.6. The van der Waals surface area contributed by atoms with Crippen molar-refractivity contribution in [2.24, 2.45) is 0 Å². The Labute approximate surface area is 335 Å². The van der Waals surface area contributed by atoms with E-state index in [1.807, 2.05) is 72.9 Å². The number of aliphatic carboxylic acids is 1. The zero-order chi connectivity index (χ0) is 40.7. The first kappa shape index (κ1) is 51.5. The Bertz CT molecular complexity index is 1170. The molecule has 55 heavy (non-hydrogen) atoms. The molecule has 0 aliphatic carbocycles. The average molecular weight is 768 g/mol. The molecule has 2 atom stereocenters. The third kappa shape index (κ3) is 35.9. The van der Waals surface area contributed by atoms with Crippen LogP contribution < -0.4 is 5.11 Å². The van der Waals surface area contributed by atoms with Crippen LogP contribution in [0.25, 0.3) is 0 Å². The van der Waals surface area contributed by atoms with Crippen LogP contribution in [0.5, 0.6) is 0 Å². The van der Waals surface area contributed by atoms with Crippen molar-refractivity contribution in [1.82, 2.24) is 0 Å². The molecule has 0 aliphatic heterocycles. The summed E-state index contributed by atoms with van der Waals surface area (Å²) in [7, 11) is 5.38. The Morgan fingerprint density at radius 1 is 0.564 bits per heavy atom. The second-order valence-corrected chi connectivity index (χ2v) is 15.0. The predicted octanol–water partition coefficient (Wildman–Crippen LogP) is 10.0. The molecule has 0 fully saturated rings. The van der Waals surface area contributed by atoms with Crippen LogP contribution in [0.1, 0.15) is 142 Å². The Morgan fingerprint density at radius 2 is 1.02 bits per heavy atom. The summed E-state index contributed by atoms with van der Waals surface area (Å²) < 4.78 is 17.1. The van der Waals surface area contributed by atoms with E-state index in [0.29, 0.717) is 12.8 Å². The molecule has 0 saturated heterocycles. The van der Waals surface area contributed by atoms with Crippen molar-refractivity contribution in [3.8, 4) is 0 Å². The summed E-state index contributed by atoms with van der Waals surface area (Å²) in [5, 5.41) is 11.6. The van der Waals surface area contributed by atoms with Crippen LogP contribution in [0.3, 0.4) is 0 Å². The molecule has 0 amide bonds. The van der Waals surface area contributed by atoms with Gasteiger partial charge in [-0.1, -0.05) is 176 Å². The number of unbranched alkanes of at least 4 members (excludes halogenated alkanes) is 14. The molecular formula is C47H77NO7. The molecule has 0 rings (SSSR count). The molecule has 0 aromatic carbocycles. The van der Waals surface area contributed by atoms with Gasteiger partial charge in [0.2, 0.25) is 0 Å². The average Bonchev–Trinajstić information content (AvgIpc) is 3.14. The first-order chi connectivity index (χ1) is 26.6. The topological polar surface area (TPSA) is 102 Å². The Hall–Kier alpha value is -3.49. The number of quaternary nitrogens is 1. The maximum absolute atomic E-state index is 12.7. The fourth-order valence-electron chi connectivity index (χ4n) is 5.70. The maximum atomic E-state index is 12.7. The fraction of sp³-hybridized carbons (Fsp3) is 0.638. The van der Waals surface area contributed by atoms with Crippen LogP contribution in [-0.4, -0.2) is 75.5 Å². The van der Waals surface area contributed by atoms with Crippen LogP contribution in [0.2, 0.25) is 0 Å². The predicted molar refractivity (Wildman–Crippen MR) is 226 cm³/mol. The van der Waals surface area contributed by atoms with Crippen molar-refractivity contribution in [3.05, 3.63) is 85.1 Å². The van der Waals surface area contributed by atoms with Gasteiger partial charge in [-0.25, -0.2) is 0 Å². The smallest absolute Gasteiger partial charge is 0.306 e. The maximum Gasteiger partial charge on any atom is 0.306 e. The standard InChI is InChI=1S/C47H77NO7/c1-6-8-10-12-14-16-18-20-21-22-23-24-25-26-28-30-32-34-36-38-46(50)55-43(41-53-40-39-44(47(51)52)48(3,4)5)42-54-45(49)37-35-33-31-29-27-19-17-15-13-11-9-7-2/h8,10,12,14,16,18,20-26,28,43-44H,6-7,9,11,13,15,17,19,27,29-42H2,1-5H3/b10-8+,14-12+,18-16+,21-20+,23-22+,25-24+,28-26+. The number of carboxylic acid groups (broad SMARTS) is 1. The molecule has 2 unspecified atom stereocenters. The van der Waals surface area contributed by atoms with Gasteiger partial charge in [-0.3, -0.25) is 9.59 Å². The monoisotopic (exact) mass is 768 g/mol. The van der Waals surface area contributed by atoms with Gasteiger partial charge in [0.05, 0.1) is 40.3 Å². The van der Waals surface area contributed by atoms with Crippen molar-refractivity contribution in [3.63, 3.8) is 0 Å². The highest BCUT2D eigenvalue weighted by Gasteiger charge is 2.25. The largest absolute Gasteiger partial charge is 0.544 e. The summed E-state index contributed by atoms with van der Waals surface area (Å²) in [4.78, 5) is 36.8. The summed E-state index contributed by atoms with van der Waals surface area (Å²) >= 11 is 0. The minimum absolute atomic E-state index is 0.0180. The number of allylic oxidation sites excluding steroid dienone is 14. The number of hydrogen-bond acceptors (Lipinski definition) is 7. The molecule has 0 bridgehead atoms. The Kier molecular flexibility index (Phi) is 35.1. The molecule has 0 radical (unpaired) electrons. The second kappa shape index (κ2) is 37.4. The van der Waals surface area contributed by atoms with Gasteiger partial charge in [0.25, 0.3) is 0 Å². The summed E-state index contributed by atoms with van der Waals surface area (Å²) in [6.45, 7) is 4.44. The summed E-state index contributed by atoms with van der Waals surface area (Å²) in [6, 6.07) is -0.738. The quantitative estimate of drug-likeness (QED) is 0.0271. The lowest BCUT2D eigenvalue weighted by molar-refractivity contribution is -0.889. The number of carbonyl (C=O) groups excluding carboxylic acids is 3. The molecule has 0 aliphatic rings. The van der Waals surface area contributed by atoms with E-state index in [1.165, 1.54) is 57.8 Å². The van der Waals surface area contributed by atoms with Gasteiger partial charge in [0, 0.05) is 19.3 Å². The van der Waals surface area contributed by atoms with Crippen LogP contribution in [0.15, 0.2) is 85.1 Å². The molecule has 0 spiro atoms. The van der Waals surface area contributed by atoms with Gasteiger partial charge in [0.1, 0.15) is 12.6 Å². The van der Waals surface area contributed by atoms with Gasteiger partial charge >= 0.3 is 11.9 Å². The first-order valence-electron chi connectivity index (χ1n) is 21.2. The SMILES string of the molecule is CC/C=C/C=C/C=C/C=C/C=C/C=C/C=C/CCCCCC(=O)OC(COCCC(C(=O)[O-])[N+](C)(C)C)COC(=O)CCCCCCCCCCCCCC. The van der Waals surface area contributed by atoms with Crippen molar-refractivity contribution >= 4 is 17.9 Å². The van der Waals surface area contributed by atoms with Crippen molar-refractivity contribution in [2.45, 2.75) is 154 Å². The van der Waals surface area contributed by atoms with Crippen molar-refractivity contribution in [2.75, 3.05) is 41.0 Å².